The predicted octanol–water partition coefficient (Wildman–Crippen LogP) is 6.31. The van der Waals surface area contributed by atoms with Crippen molar-refractivity contribution < 1.29 is 32.2 Å². The molecule has 1 N–H and O–H groups in total. The standard InChI is InChI=1S/C27H23ClN2O7S2/c1-17-3-7-19(8-4-17)29(38(33)34)25-13-11-21(15-23(25)27(31)32)37-22-12-14-26(24(28)16-22)30(39(35)36)20-9-5-18(2)6-10-20/h3-16H,1-2H3,(H,31,32)(H,33,34)(H,35,36)/p-2. The van der Waals surface area contributed by atoms with Gasteiger partial charge in [-0.05, 0) is 68.4 Å². The highest BCUT2D eigenvalue weighted by Gasteiger charge is 2.21. The monoisotopic (exact) mass is 584 g/mol. The molecule has 0 heterocycles. The van der Waals surface area contributed by atoms with Gasteiger partial charge in [-0.1, -0.05) is 47.0 Å². The lowest BCUT2D eigenvalue weighted by molar-refractivity contribution is 0.0697. The van der Waals surface area contributed by atoms with Crippen molar-refractivity contribution >= 4 is 62.9 Å². The lowest BCUT2D eigenvalue weighted by atomic mass is 10.1. The summed E-state index contributed by atoms with van der Waals surface area (Å²) in [6.45, 7) is 3.72. The third-order valence-corrected chi connectivity index (χ3v) is 7.34. The fraction of sp³-hybridized carbons (Fsp3) is 0.0741. The number of hydrogen-bond acceptors (Lipinski definition) is 6. The van der Waals surface area contributed by atoms with E-state index >= 15 is 0 Å². The van der Waals surface area contributed by atoms with E-state index in [4.69, 9.17) is 16.3 Å². The van der Waals surface area contributed by atoms with Crippen molar-refractivity contribution in [1.29, 1.82) is 0 Å². The molecule has 0 spiro atoms. The minimum absolute atomic E-state index is 0.0691. The van der Waals surface area contributed by atoms with Crippen molar-refractivity contribution in [3.63, 3.8) is 0 Å². The van der Waals surface area contributed by atoms with E-state index in [9.17, 15) is 27.4 Å². The molecule has 0 saturated heterocycles. The summed E-state index contributed by atoms with van der Waals surface area (Å²) in [5.41, 5.74) is 2.32. The van der Waals surface area contributed by atoms with Crippen LogP contribution in [0.3, 0.4) is 0 Å². The Labute approximate surface area is 235 Å². The van der Waals surface area contributed by atoms with Gasteiger partial charge in [-0.2, -0.15) is 0 Å². The second kappa shape index (κ2) is 12.0. The van der Waals surface area contributed by atoms with Gasteiger partial charge in [-0.3, -0.25) is 17.0 Å². The highest BCUT2D eigenvalue weighted by Crippen LogP contribution is 2.38. The molecule has 0 amide bonds. The average molecular weight is 585 g/mol. The van der Waals surface area contributed by atoms with Crippen LogP contribution in [0.2, 0.25) is 5.02 Å². The first kappa shape index (κ1) is 28.3. The van der Waals surface area contributed by atoms with E-state index in [1.807, 2.05) is 13.8 Å². The van der Waals surface area contributed by atoms with Gasteiger partial charge < -0.3 is 18.9 Å². The first-order chi connectivity index (χ1) is 18.5. The number of carboxylic acid groups (broad SMARTS) is 1. The Hall–Kier alpha value is -3.74. The van der Waals surface area contributed by atoms with Crippen LogP contribution in [0.4, 0.5) is 22.7 Å². The Morgan fingerprint density at radius 1 is 0.744 bits per heavy atom. The second-order valence-electron chi connectivity index (χ2n) is 8.39. The number of carboxylic acids is 1. The van der Waals surface area contributed by atoms with Gasteiger partial charge in [0.2, 0.25) is 0 Å². The predicted molar refractivity (Wildman–Crippen MR) is 149 cm³/mol. The summed E-state index contributed by atoms with van der Waals surface area (Å²) in [5.74, 6) is -1.06. The lowest BCUT2D eigenvalue weighted by Crippen LogP contribution is -2.22. The third kappa shape index (κ3) is 6.47. The molecule has 4 aromatic rings. The molecular formula is C27H21ClN2O7S2-2. The first-order valence-electron chi connectivity index (χ1n) is 11.3. The Morgan fingerprint density at radius 3 is 1.62 bits per heavy atom. The normalized spacial score (nSPS) is 12.4. The van der Waals surface area contributed by atoms with E-state index in [1.165, 1.54) is 36.4 Å². The van der Waals surface area contributed by atoms with Crippen LogP contribution in [0, 0.1) is 13.8 Å². The van der Waals surface area contributed by atoms with Crippen LogP contribution in [-0.4, -0.2) is 28.6 Å². The van der Waals surface area contributed by atoms with Crippen LogP contribution in [0.15, 0.2) is 84.9 Å². The van der Waals surface area contributed by atoms with Crippen LogP contribution in [-0.2, 0) is 22.5 Å². The SMILES string of the molecule is Cc1ccc(N(c2ccc(Oc3ccc(N(c4ccc(C)cc4)S(=O)[O-])c(C(=O)O)c3)cc2Cl)S(=O)[O-])cc1. The van der Waals surface area contributed by atoms with E-state index in [0.29, 0.717) is 5.69 Å². The Kier molecular flexibility index (Phi) is 8.68. The van der Waals surface area contributed by atoms with Gasteiger partial charge in [-0.15, -0.1) is 0 Å². The van der Waals surface area contributed by atoms with Crippen molar-refractivity contribution in [3.8, 4) is 11.5 Å². The quantitative estimate of drug-likeness (QED) is 0.228. The molecule has 0 bridgehead atoms. The molecule has 0 aliphatic carbocycles. The number of aryl methyl sites for hydroxylation is 2. The van der Waals surface area contributed by atoms with Crippen molar-refractivity contribution in [2.24, 2.45) is 0 Å². The number of ether oxygens (including phenoxy) is 1. The maximum absolute atomic E-state index is 12.1. The summed E-state index contributed by atoms with van der Waals surface area (Å²) < 4.78 is 55.8. The minimum atomic E-state index is -2.81. The summed E-state index contributed by atoms with van der Waals surface area (Å²) in [5, 5.41) is 9.90. The lowest BCUT2D eigenvalue weighted by Gasteiger charge is -2.28. The molecule has 39 heavy (non-hydrogen) atoms. The number of benzene rings is 4. The molecule has 0 saturated carbocycles. The number of anilines is 4. The Morgan fingerprint density at radius 2 is 1.18 bits per heavy atom. The van der Waals surface area contributed by atoms with Gasteiger partial charge in [0, 0.05) is 6.07 Å². The molecular weight excluding hydrogens is 564 g/mol. The van der Waals surface area contributed by atoms with Gasteiger partial charge >= 0.3 is 5.97 Å². The molecule has 0 aliphatic heterocycles. The molecule has 202 valence electrons. The fourth-order valence-corrected chi connectivity index (χ4v) is 5.28. The van der Waals surface area contributed by atoms with Gasteiger partial charge in [0.1, 0.15) is 11.5 Å². The highest BCUT2D eigenvalue weighted by atomic mass is 35.5. The molecule has 0 aromatic heterocycles. The average Bonchev–Trinajstić information content (AvgIpc) is 2.88. The van der Waals surface area contributed by atoms with Crippen molar-refractivity contribution in [1.82, 2.24) is 0 Å². The van der Waals surface area contributed by atoms with Crippen molar-refractivity contribution in [3.05, 3.63) is 107 Å². The van der Waals surface area contributed by atoms with Crippen molar-refractivity contribution in [2.45, 2.75) is 13.8 Å². The van der Waals surface area contributed by atoms with Crippen molar-refractivity contribution in [2.75, 3.05) is 8.61 Å². The van der Waals surface area contributed by atoms with Gasteiger partial charge in [-0.25, -0.2) is 4.79 Å². The number of carbonyl (C=O) groups is 1. The molecule has 2 unspecified atom stereocenters. The van der Waals surface area contributed by atoms with E-state index in [0.717, 1.165) is 19.7 Å². The number of rotatable bonds is 9. The maximum atomic E-state index is 12.1. The summed E-state index contributed by atoms with van der Waals surface area (Å²) >= 11 is 0.940. The maximum Gasteiger partial charge on any atom is 0.337 e. The number of hydrogen-bond donors (Lipinski definition) is 1. The van der Waals surface area contributed by atoms with Crippen LogP contribution in [0.1, 0.15) is 21.5 Å². The van der Waals surface area contributed by atoms with E-state index in [2.05, 4.69) is 0 Å². The molecule has 4 rings (SSSR count). The van der Waals surface area contributed by atoms with E-state index in [1.54, 1.807) is 48.5 Å². The molecule has 0 radical (unpaired) electrons. The summed E-state index contributed by atoms with van der Waals surface area (Å²) in [6.07, 6.45) is 0. The molecule has 9 nitrogen and oxygen atoms in total. The summed E-state index contributed by atoms with van der Waals surface area (Å²) in [6, 6.07) is 21.7. The summed E-state index contributed by atoms with van der Waals surface area (Å²) in [4.78, 5) is 12.1. The first-order valence-corrected chi connectivity index (χ1v) is 13.8. The Balaban J connectivity index is 1.66. The zero-order chi connectivity index (χ0) is 28.3. The third-order valence-electron chi connectivity index (χ3n) is 5.63. The smallest absolute Gasteiger partial charge is 0.337 e. The zero-order valence-corrected chi connectivity index (χ0v) is 23.0. The molecule has 4 aromatic carbocycles. The summed E-state index contributed by atoms with van der Waals surface area (Å²) in [7, 11) is 0. The van der Waals surface area contributed by atoms with Crippen LogP contribution in [0.5, 0.6) is 11.5 Å². The molecule has 12 heteroatoms. The molecule has 0 fully saturated rings. The van der Waals surface area contributed by atoms with E-state index < -0.39 is 28.5 Å². The zero-order valence-electron chi connectivity index (χ0n) is 20.6. The van der Waals surface area contributed by atoms with Crippen LogP contribution < -0.4 is 13.3 Å². The van der Waals surface area contributed by atoms with Crippen LogP contribution in [0.25, 0.3) is 0 Å². The number of halogens is 1. The molecule has 2 atom stereocenters. The van der Waals surface area contributed by atoms with E-state index in [-0.39, 0.29) is 39.1 Å². The van der Waals surface area contributed by atoms with Gasteiger partial charge in [0.25, 0.3) is 0 Å². The van der Waals surface area contributed by atoms with Crippen LogP contribution >= 0.6 is 11.6 Å². The minimum Gasteiger partial charge on any atom is -0.755 e. The molecule has 0 aliphatic rings. The van der Waals surface area contributed by atoms with Gasteiger partial charge in [0.15, 0.2) is 0 Å². The Bertz CT molecular complexity index is 1560. The number of nitrogens with zero attached hydrogens (tertiary/aromatic N) is 2. The fourth-order valence-electron chi connectivity index (χ4n) is 3.75. The largest absolute Gasteiger partial charge is 0.755 e. The van der Waals surface area contributed by atoms with Gasteiger partial charge in [0.05, 0.1) is 55.9 Å². The second-order valence-corrected chi connectivity index (χ2v) is 10.4. The topological polar surface area (TPSA) is 133 Å². The highest BCUT2D eigenvalue weighted by molar-refractivity contribution is 7.81. The number of aromatic carboxylic acids is 1.